The number of hydrogen-bond acceptors (Lipinski definition) is 6. The lowest BCUT2D eigenvalue weighted by Crippen LogP contribution is -2.61. The number of carbonyl (C=O) groups excluding carboxylic acids is 2. The Kier molecular flexibility index (Phi) is 8.85. The summed E-state index contributed by atoms with van der Waals surface area (Å²) in [4.78, 5) is 23.6. The number of unbranched alkanes of at least 4 members (excludes halogenated alkanes) is 1. The summed E-state index contributed by atoms with van der Waals surface area (Å²) in [6.45, 7) is 1.68. The number of hydrogen-bond donors (Lipinski definition) is 1. The molecule has 1 N–H and O–H groups in total. The lowest BCUT2D eigenvalue weighted by atomic mass is 10.1. The van der Waals surface area contributed by atoms with Crippen molar-refractivity contribution in [2.45, 2.75) is 42.4 Å². The molecule has 0 saturated carbocycles. The molecular formula is C14H18F7NO7S. The second kappa shape index (κ2) is 9.47. The molecule has 0 aliphatic carbocycles. The van der Waals surface area contributed by atoms with Crippen molar-refractivity contribution < 1.29 is 62.8 Å². The van der Waals surface area contributed by atoms with Crippen molar-refractivity contribution in [3.05, 3.63) is 12.7 Å². The van der Waals surface area contributed by atoms with Gasteiger partial charge in [0.2, 0.25) is 0 Å². The zero-order chi connectivity index (χ0) is 24.2. The Morgan fingerprint density at radius 1 is 1.07 bits per heavy atom. The highest BCUT2D eigenvalue weighted by molar-refractivity contribution is 7.87. The summed E-state index contributed by atoms with van der Waals surface area (Å²) in [5.41, 5.74) is 0. The SMILES string of the molecule is C=CC(=O)OC(OCCCCC(F)(F)C(F)(F)S(=O)(=O)O)(C(=O)N(C)C)C(F)(F)F. The quantitative estimate of drug-likeness (QED) is 0.122. The van der Waals surface area contributed by atoms with E-state index in [-0.39, 0.29) is 0 Å². The van der Waals surface area contributed by atoms with Crippen LogP contribution in [0, 0.1) is 0 Å². The number of likely N-dealkylation sites (N-methyl/N-ethyl adjacent to an activating group) is 1. The average molecular weight is 477 g/mol. The minimum absolute atomic E-state index is 0.296. The Labute approximate surface area is 166 Å². The molecule has 30 heavy (non-hydrogen) atoms. The molecule has 0 aromatic heterocycles. The van der Waals surface area contributed by atoms with Crippen LogP contribution in [0.25, 0.3) is 0 Å². The minimum Gasteiger partial charge on any atom is -0.412 e. The van der Waals surface area contributed by atoms with Crippen LogP contribution in [0.2, 0.25) is 0 Å². The molecule has 0 fully saturated rings. The van der Waals surface area contributed by atoms with Crippen LogP contribution in [0.1, 0.15) is 19.3 Å². The molecule has 16 heteroatoms. The predicted molar refractivity (Wildman–Crippen MR) is 85.0 cm³/mol. The summed E-state index contributed by atoms with van der Waals surface area (Å²) in [6, 6.07) is 0. The molecule has 0 aliphatic rings. The van der Waals surface area contributed by atoms with Gasteiger partial charge in [-0.15, -0.1) is 0 Å². The largest absolute Gasteiger partial charge is 0.466 e. The van der Waals surface area contributed by atoms with Crippen molar-refractivity contribution >= 4 is 22.0 Å². The number of esters is 1. The predicted octanol–water partition coefficient (Wildman–Crippen LogP) is 2.37. The van der Waals surface area contributed by atoms with E-state index in [0.717, 1.165) is 14.1 Å². The number of nitrogens with zero attached hydrogens (tertiary/aromatic N) is 1. The molecule has 0 heterocycles. The number of ether oxygens (including phenoxy) is 2. The second-order valence-electron chi connectivity index (χ2n) is 5.94. The van der Waals surface area contributed by atoms with Crippen LogP contribution >= 0.6 is 0 Å². The highest BCUT2D eigenvalue weighted by atomic mass is 32.2. The van der Waals surface area contributed by atoms with Gasteiger partial charge in [0, 0.05) is 26.6 Å². The minimum atomic E-state index is -6.46. The van der Waals surface area contributed by atoms with E-state index < -0.39 is 71.0 Å². The van der Waals surface area contributed by atoms with Gasteiger partial charge >= 0.3 is 45.1 Å². The summed E-state index contributed by atoms with van der Waals surface area (Å²) in [5.74, 6) is -13.0. The third-order valence-electron chi connectivity index (χ3n) is 3.41. The van der Waals surface area contributed by atoms with Gasteiger partial charge in [-0.2, -0.15) is 39.2 Å². The van der Waals surface area contributed by atoms with Gasteiger partial charge in [0.25, 0.3) is 0 Å². The fraction of sp³-hybridized carbons (Fsp3) is 0.714. The molecule has 1 atom stereocenters. The first-order valence-electron chi connectivity index (χ1n) is 7.77. The highest BCUT2D eigenvalue weighted by Gasteiger charge is 2.67. The number of rotatable bonds is 11. The lowest BCUT2D eigenvalue weighted by molar-refractivity contribution is -0.349. The van der Waals surface area contributed by atoms with Gasteiger partial charge in [-0.1, -0.05) is 6.58 Å². The van der Waals surface area contributed by atoms with E-state index in [1.54, 1.807) is 0 Å². The monoisotopic (exact) mass is 477 g/mol. The molecule has 0 spiro atoms. The standard InChI is InChI=1S/C14H18F7NO7S/c1-4-9(23)29-12(13(17,18)19,10(24)22(2)3)28-8-6-5-7-11(15,16)14(20,21)30(25,26)27/h4H,1,5-8H2,2-3H3,(H,25,26,27). The van der Waals surface area contributed by atoms with Crippen molar-refractivity contribution in [1.82, 2.24) is 4.90 Å². The third kappa shape index (κ3) is 6.04. The van der Waals surface area contributed by atoms with E-state index in [1.807, 2.05) is 0 Å². The molecule has 1 amide bonds. The maximum atomic E-state index is 13.5. The third-order valence-corrected chi connectivity index (χ3v) is 4.36. The molecule has 0 radical (unpaired) electrons. The van der Waals surface area contributed by atoms with Gasteiger partial charge in [0.05, 0.1) is 6.61 Å². The normalized spacial score (nSPS) is 15.3. The Balaban J connectivity index is 5.39. The zero-order valence-corrected chi connectivity index (χ0v) is 16.3. The molecule has 0 rings (SSSR count). The summed E-state index contributed by atoms with van der Waals surface area (Å²) >= 11 is 0. The first-order valence-corrected chi connectivity index (χ1v) is 9.21. The van der Waals surface area contributed by atoms with Gasteiger partial charge < -0.3 is 14.4 Å². The summed E-state index contributed by atoms with van der Waals surface area (Å²) in [7, 11) is -4.73. The van der Waals surface area contributed by atoms with E-state index in [9.17, 15) is 48.7 Å². The molecule has 0 aromatic rings. The maximum Gasteiger partial charge on any atom is 0.466 e. The van der Waals surface area contributed by atoms with Crippen molar-refractivity contribution in [3.63, 3.8) is 0 Å². The molecule has 1 unspecified atom stereocenters. The Morgan fingerprint density at radius 2 is 1.57 bits per heavy atom. The summed E-state index contributed by atoms with van der Waals surface area (Å²) < 4.78 is 131. The number of carbonyl (C=O) groups is 2. The smallest absolute Gasteiger partial charge is 0.412 e. The van der Waals surface area contributed by atoms with E-state index >= 15 is 0 Å². The Bertz CT molecular complexity index is 752. The van der Waals surface area contributed by atoms with Crippen molar-refractivity contribution in [1.29, 1.82) is 0 Å². The van der Waals surface area contributed by atoms with Crippen molar-refractivity contribution in [2.75, 3.05) is 20.7 Å². The molecule has 176 valence electrons. The average Bonchev–Trinajstić information content (AvgIpc) is 2.57. The lowest BCUT2D eigenvalue weighted by Gasteiger charge is -2.34. The van der Waals surface area contributed by atoms with Crippen molar-refractivity contribution in [2.24, 2.45) is 0 Å². The van der Waals surface area contributed by atoms with Gasteiger partial charge in [-0.05, 0) is 12.8 Å². The van der Waals surface area contributed by atoms with Crippen LogP contribution in [0.5, 0.6) is 0 Å². The van der Waals surface area contributed by atoms with E-state index in [1.165, 1.54) is 0 Å². The Hall–Kier alpha value is -1.94. The van der Waals surface area contributed by atoms with Crippen LogP contribution in [-0.4, -0.2) is 73.6 Å². The summed E-state index contributed by atoms with van der Waals surface area (Å²) in [5, 5.41) is -5.84. The summed E-state index contributed by atoms with van der Waals surface area (Å²) in [6.07, 6.45) is -9.03. The van der Waals surface area contributed by atoms with Crippen LogP contribution in [0.15, 0.2) is 12.7 Å². The zero-order valence-electron chi connectivity index (χ0n) is 15.5. The van der Waals surface area contributed by atoms with Gasteiger partial charge in [-0.3, -0.25) is 9.35 Å². The fourth-order valence-corrected chi connectivity index (χ4v) is 2.35. The molecule has 8 nitrogen and oxygen atoms in total. The van der Waals surface area contributed by atoms with Crippen LogP contribution in [-0.2, 0) is 29.2 Å². The molecular weight excluding hydrogens is 459 g/mol. The van der Waals surface area contributed by atoms with E-state index in [4.69, 9.17) is 4.55 Å². The topological polar surface area (TPSA) is 110 Å². The highest BCUT2D eigenvalue weighted by Crippen LogP contribution is 2.42. The number of alkyl halides is 7. The van der Waals surface area contributed by atoms with Gasteiger partial charge in [0.15, 0.2) is 0 Å². The van der Waals surface area contributed by atoms with Crippen LogP contribution < -0.4 is 0 Å². The number of halogens is 7. The molecule has 0 aliphatic heterocycles. The van der Waals surface area contributed by atoms with Crippen molar-refractivity contribution in [3.8, 4) is 0 Å². The van der Waals surface area contributed by atoms with Crippen LogP contribution in [0.4, 0.5) is 30.7 Å². The second-order valence-corrected chi connectivity index (χ2v) is 7.40. The van der Waals surface area contributed by atoms with E-state index in [2.05, 4.69) is 16.1 Å². The van der Waals surface area contributed by atoms with Gasteiger partial charge in [-0.25, -0.2) is 4.79 Å². The Morgan fingerprint density at radius 3 is 1.93 bits per heavy atom. The maximum absolute atomic E-state index is 13.5. The molecule has 0 bridgehead atoms. The molecule has 0 saturated heterocycles. The first-order chi connectivity index (χ1) is 13.3. The molecule has 0 aromatic carbocycles. The van der Waals surface area contributed by atoms with Gasteiger partial charge in [0.1, 0.15) is 0 Å². The fourth-order valence-electron chi connectivity index (χ4n) is 1.87. The van der Waals surface area contributed by atoms with E-state index in [0.29, 0.717) is 11.0 Å². The first kappa shape index (κ1) is 28.1. The van der Waals surface area contributed by atoms with Crippen LogP contribution in [0.3, 0.4) is 0 Å². The number of amides is 1.